The van der Waals surface area contributed by atoms with E-state index in [0.29, 0.717) is 0 Å². The van der Waals surface area contributed by atoms with Crippen LogP contribution in [0.15, 0.2) is 0 Å². The summed E-state index contributed by atoms with van der Waals surface area (Å²) in [6, 6.07) is 0. The fourth-order valence-corrected chi connectivity index (χ4v) is 0.452. The van der Waals surface area contributed by atoms with Crippen molar-refractivity contribution in [3.8, 4) is 0 Å². The Hall–Kier alpha value is 1.50. The van der Waals surface area contributed by atoms with Crippen molar-refractivity contribution in [1.82, 2.24) is 5.48 Å². The molecule has 0 bridgehead atoms. The molecule has 0 spiro atoms. The zero-order valence-electron chi connectivity index (χ0n) is 6.00. The van der Waals surface area contributed by atoms with Crippen molar-refractivity contribution in [2.45, 2.75) is 5.66 Å². The number of hydrogen-bond acceptors (Lipinski definition) is 2. The van der Waals surface area contributed by atoms with Gasteiger partial charge in [-0.15, -0.1) is 5.92 Å². The van der Waals surface area contributed by atoms with E-state index in [9.17, 15) is 4.79 Å². The van der Waals surface area contributed by atoms with Crippen molar-refractivity contribution in [3.05, 3.63) is 13.8 Å². The Kier molecular flexibility index (Phi) is 10.1. The Labute approximate surface area is 106 Å². The van der Waals surface area contributed by atoms with Gasteiger partial charge in [-0.2, -0.15) is 14.9 Å². The number of carbonyl (C=O) groups is 1. The Morgan fingerprint density at radius 3 is 2.10 bits per heavy atom. The van der Waals surface area contributed by atoms with Crippen LogP contribution in [-0.2, 0) is 4.79 Å². The first-order valence-electron chi connectivity index (χ1n) is 2.45. The maximum absolute atomic E-state index is 10.5. The Balaban J connectivity index is 0. The van der Waals surface area contributed by atoms with E-state index >= 15 is 0 Å². The van der Waals surface area contributed by atoms with Crippen molar-refractivity contribution >= 4 is 15.1 Å². The third-order valence-corrected chi connectivity index (χ3v) is 1.43. The van der Waals surface area contributed by atoms with E-state index in [2.05, 4.69) is 23.1 Å². The van der Waals surface area contributed by atoms with Crippen LogP contribution in [0.4, 0.5) is 0 Å². The molecule has 0 saturated heterocycles. The molecule has 0 saturated carbocycles. The smallest absolute Gasteiger partial charge is 0.338 e. The van der Waals surface area contributed by atoms with Crippen LogP contribution < -0.4 is 56.9 Å². The quantitative estimate of drug-likeness (QED) is 0.159. The molecular formula is C5H10KNO2P-. The van der Waals surface area contributed by atoms with Gasteiger partial charge in [0, 0.05) is 0 Å². The Morgan fingerprint density at radius 1 is 1.60 bits per heavy atom. The molecule has 0 aromatic rings. The maximum Gasteiger partial charge on any atom is 1.00 e. The van der Waals surface area contributed by atoms with E-state index in [0.717, 1.165) is 0 Å². The molecule has 54 valence electrons. The topological polar surface area (TPSA) is 49.3 Å². The van der Waals surface area contributed by atoms with Crippen LogP contribution in [0.2, 0.25) is 0 Å². The molecule has 0 aromatic carbocycles. The maximum atomic E-state index is 10.5. The molecule has 0 fully saturated rings. The average molecular weight is 186 g/mol. The molecule has 3 atom stereocenters. The third-order valence-electron chi connectivity index (χ3n) is 0.964. The first-order chi connectivity index (χ1) is 4.09. The minimum absolute atomic E-state index is 0. The molecule has 0 aliphatic heterocycles. The van der Waals surface area contributed by atoms with Gasteiger partial charge >= 0.3 is 51.4 Å². The van der Waals surface area contributed by atoms with Gasteiger partial charge in [-0.05, 0) is 0 Å². The van der Waals surface area contributed by atoms with Crippen LogP contribution in [-0.4, -0.2) is 16.8 Å². The van der Waals surface area contributed by atoms with Gasteiger partial charge < -0.3 is 13.8 Å². The normalized spacial score (nSPS) is 14.8. The van der Waals surface area contributed by atoms with Crippen molar-refractivity contribution < 1.29 is 61.4 Å². The first kappa shape index (κ1) is 14.0. The molecule has 0 rings (SSSR count). The van der Waals surface area contributed by atoms with E-state index in [-0.39, 0.29) is 57.0 Å². The minimum atomic E-state index is -0.514. The number of amides is 1. The summed E-state index contributed by atoms with van der Waals surface area (Å²) in [5.41, 5.74) is 1.32. The van der Waals surface area contributed by atoms with Crippen LogP contribution in [0.3, 0.4) is 0 Å². The van der Waals surface area contributed by atoms with Crippen LogP contribution in [0.25, 0.3) is 0 Å². The number of carbonyl (C=O) groups excluding carboxylic acids is 1. The second-order valence-corrected chi connectivity index (χ2v) is 2.60. The summed E-state index contributed by atoms with van der Waals surface area (Å²) >= 11 is 0. The van der Waals surface area contributed by atoms with Gasteiger partial charge in [0.25, 0.3) is 0 Å². The van der Waals surface area contributed by atoms with E-state index in [1.807, 2.05) is 0 Å². The molecule has 0 aliphatic rings. The summed E-state index contributed by atoms with van der Waals surface area (Å²) in [6.07, 6.45) is 0. The molecule has 2 unspecified atom stereocenters. The zero-order chi connectivity index (χ0) is 7.44. The molecule has 5 heteroatoms. The van der Waals surface area contributed by atoms with E-state index < -0.39 is 11.8 Å². The summed E-state index contributed by atoms with van der Waals surface area (Å²) in [7, 11) is 2.33. The van der Waals surface area contributed by atoms with Crippen molar-refractivity contribution in [3.63, 3.8) is 0 Å². The second kappa shape index (κ2) is 7.16. The SMILES string of the molecule is [CH2-]C(C(=O)NO)[C@H]([CH2-])P.[K+]. The average Bonchev–Trinajstić information content (AvgIpc) is 1.84. The molecule has 0 aliphatic carbocycles. The summed E-state index contributed by atoms with van der Waals surface area (Å²) in [5.74, 6) is -1.02. The van der Waals surface area contributed by atoms with E-state index in [1.54, 1.807) is 0 Å². The number of rotatable bonds is 2. The van der Waals surface area contributed by atoms with Crippen LogP contribution >= 0.6 is 9.24 Å². The van der Waals surface area contributed by atoms with Gasteiger partial charge in [0.2, 0.25) is 5.91 Å². The third kappa shape index (κ3) is 5.19. The summed E-state index contributed by atoms with van der Waals surface area (Å²) in [4.78, 5) is 10.5. The predicted octanol–water partition coefficient (Wildman–Crippen LogP) is -2.98. The van der Waals surface area contributed by atoms with Gasteiger partial charge in [0.15, 0.2) is 0 Å². The van der Waals surface area contributed by atoms with Crippen molar-refractivity contribution in [1.29, 1.82) is 0 Å². The largest absolute Gasteiger partial charge is 1.00 e. The predicted molar refractivity (Wildman–Crippen MR) is 37.6 cm³/mol. The van der Waals surface area contributed by atoms with Crippen LogP contribution in [0.1, 0.15) is 0 Å². The Bertz CT molecular complexity index is 110. The molecule has 0 radical (unpaired) electrons. The number of hydroxylamine groups is 1. The van der Waals surface area contributed by atoms with E-state index in [1.165, 1.54) is 5.48 Å². The zero-order valence-corrected chi connectivity index (χ0v) is 10.3. The van der Waals surface area contributed by atoms with Crippen molar-refractivity contribution in [2.75, 3.05) is 0 Å². The van der Waals surface area contributed by atoms with Gasteiger partial charge in [0.05, 0.1) is 0 Å². The standard InChI is InChI=1S/C5H10NO2P.K/c1-3(4(2)9)5(7)6-8;/h3-4,8H,1-2,9H2,(H,6,7);/q-2;+1/t3?,4-;/m0./s1. The second-order valence-electron chi connectivity index (χ2n) is 1.75. The summed E-state index contributed by atoms with van der Waals surface area (Å²) < 4.78 is 0. The Morgan fingerprint density at radius 2 is 2.00 bits per heavy atom. The monoisotopic (exact) mass is 186 g/mol. The van der Waals surface area contributed by atoms with Crippen molar-refractivity contribution in [2.24, 2.45) is 5.92 Å². The minimum Gasteiger partial charge on any atom is -0.338 e. The molecule has 3 nitrogen and oxygen atoms in total. The number of nitrogens with one attached hydrogen (secondary N) is 1. The summed E-state index contributed by atoms with van der Waals surface area (Å²) in [6.45, 7) is 6.99. The fraction of sp³-hybridized carbons (Fsp3) is 0.400. The summed E-state index contributed by atoms with van der Waals surface area (Å²) in [5, 5.41) is 8.08. The van der Waals surface area contributed by atoms with Gasteiger partial charge in [0.1, 0.15) is 0 Å². The van der Waals surface area contributed by atoms with Gasteiger partial charge in [-0.1, -0.05) is 0 Å². The molecular weight excluding hydrogens is 176 g/mol. The fourth-order valence-electron chi connectivity index (χ4n) is 0.277. The molecule has 1 amide bonds. The molecule has 2 N–H and O–H groups in total. The van der Waals surface area contributed by atoms with Crippen LogP contribution in [0, 0.1) is 19.8 Å². The first-order valence-corrected chi connectivity index (χ1v) is 3.12. The van der Waals surface area contributed by atoms with Gasteiger partial charge in [-0.25, -0.2) is 5.48 Å². The molecule has 10 heavy (non-hydrogen) atoms. The van der Waals surface area contributed by atoms with E-state index in [4.69, 9.17) is 5.21 Å². The van der Waals surface area contributed by atoms with Crippen LogP contribution in [0.5, 0.6) is 0 Å². The molecule has 0 heterocycles. The number of hydrogen-bond donors (Lipinski definition) is 2. The van der Waals surface area contributed by atoms with Gasteiger partial charge in [-0.3, -0.25) is 10.0 Å². The molecule has 0 aromatic heterocycles.